The van der Waals surface area contributed by atoms with E-state index < -0.39 is 9.84 Å². The third kappa shape index (κ3) is 5.32. The number of aliphatic imine (C=N–C) groups is 1. The Morgan fingerprint density at radius 2 is 2.04 bits per heavy atom. The molecule has 6 nitrogen and oxygen atoms in total. The Bertz CT molecular complexity index is 987. The van der Waals surface area contributed by atoms with Crippen LogP contribution in [0.15, 0.2) is 40.4 Å². The smallest absolute Gasteiger partial charge is 0.233 e. The predicted octanol–water partition coefficient (Wildman–Crippen LogP) is 4.58. The first-order chi connectivity index (χ1) is 13.4. The molecule has 0 unspecified atom stereocenters. The average molecular weight is 436 g/mol. The van der Waals surface area contributed by atoms with Gasteiger partial charge in [0.15, 0.2) is 15.0 Å². The molecule has 1 fully saturated rings. The van der Waals surface area contributed by atoms with Crippen LogP contribution in [0.25, 0.3) is 0 Å². The molecule has 0 saturated heterocycles. The number of aromatic nitrogens is 1. The maximum Gasteiger partial charge on any atom is 0.233 e. The van der Waals surface area contributed by atoms with E-state index in [0.29, 0.717) is 16.1 Å². The van der Waals surface area contributed by atoms with Crippen LogP contribution in [0.4, 0.5) is 10.1 Å². The Hall–Kier alpha value is -1.93. The second kappa shape index (κ2) is 9.05. The van der Waals surface area contributed by atoms with Crippen LogP contribution in [-0.2, 0) is 14.6 Å². The first kappa shape index (κ1) is 20.8. The van der Waals surface area contributed by atoms with Gasteiger partial charge in [-0.25, -0.2) is 13.4 Å². The fourth-order valence-corrected chi connectivity index (χ4v) is 4.97. The topological polar surface area (TPSA) is 88.5 Å². The molecule has 9 heteroatoms. The van der Waals surface area contributed by atoms with E-state index in [9.17, 15) is 13.2 Å². The molecule has 3 rings (SSSR count). The van der Waals surface area contributed by atoms with Gasteiger partial charge in [-0.2, -0.15) is 4.99 Å². The van der Waals surface area contributed by atoms with E-state index in [0.717, 1.165) is 24.8 Å². The quantitative estimate of drug-likeness (QED) is 0.508. The maximum absolute atomic E-state index is 13.0. The summed E-state index contributed by atoms with van der Waals surface area (Å²) >= 11 is 5.81. The average Bonchev–Trinajstić information content (AvgIpc) is 3.31. The van der Waals surface area contributed by atoms with Gasteiger partial charge in [0.1, 0.15) is 5.00 Å². The van der Waals surface area contributed by atoms with E-state index in [1.165, 1.54) is 36.6 Å². The molecular weight excluding hydrogens is 414 g/mol. The fraction of sp³-hybridized carbons (Fsp3) is 0.421. The summed E-state index contributed by atoms with van der Waals surface area (Å²) in [4.78, 5) is 21.3. The lowest BCUT2D eigenvalue weighted by atomic mass is 9.87. The van der Waals surface area contributed by atoms with Crippen molar-refractivity contribution in [1.29, 1.82) is 0 Å². The third-order valence-electron chi connectivity index (χ3n) is 4.95. The van der Waals surface area contributed by atoms with Crippen molar-refractivity contribution in [3.8, 4) is 0 Å². The van der Waals surface area contributed by atoms with Crippen LogP contribution in [0.2, 0.25) is 0 Å². The molecule has 1 amide bonds. The molecule has 0 radical (unpaired) electrons. The summed E-state index contributed by atoms with van der Waals surface area (Å²) in [6.45, 7) is 0. The molecule has 1 heterocycles. The van der Waals surface area contributed by atoms with E-state index in [2.05, 4.69) is 32.7 Å². The number of thiazole rings is 1. The highest BCUT2D eigenvalue weighted by Gasteiger charge is 2.27. The Kier molecular flexibility index (Phi) is 6.72. The Balaban J connectivity index is 1.82. The van der Waals surface area contributed by atoms with Gasteiger partial charge in [0, 0.05) is 6.26 Å². The number of anilines is 1. The van der Waals surface area contributed by atoms with Gasteiger partial charge < -0.3 is 5.32 Å². The third-order valence-corrected chi connectivity index (χ3v) is 6.98. The molecule has 1 aromatic heterocycles. The normalized spacial score (nSPS) is 15.8. The first-order valence-electron chi connectivity index (χ1n) is 9.01. The predicted molar refractivity (Wildman–Crippen MR) is 114 cm³/mol. The molecule has 28 heavy (non-hydrogen) atoms. The van der Waals surface area contributed by atoms with Crippen LogP contribution >= 0.6 is 23.6 Å². The standard InChI is InChI=1S/C19H21N3O3S3/c1-28(24,25)15-8-6-14(7-9-15)16(10-13-4-2-3-5-13)18(23)22-19-20-11-17(27-19)21-12-26/h6-9,11,13,16H,2-5,10H2,1H3,(H,20,22,23)/t16-/m1/s1. The lowest BCUT2D eigenvalue weighted by molar-refractivity contribution is -0.118. The van der Waals surface area contributed by atoms with E-state index in [1.807, 2.05) is 0 Å². The number of nitrogens with one attached hydrogen (secondary N) is 1. The van der Waals surface area contributed by atoms with Crippen LogP contribution in [0.3, 0.4) is 0 Å². The number of sulfone groups is 1. The van der Waals surface area contributed by atoms with Crippen molar-refractivity contribution in [2.45, 2.75) is 42.9 Å². The van der Waals surface area contributed by atoms with Gasteiger partial charge in [-0.3, -0.25) is 4.79 Å². The van der Waals surface area contributed by atoms with Crippen LogP contribution in [0.5, 0.6) is 0 Å². The molecule has 2 aromatic rings. The van der Waals surface area contributed by atoms with E-state index >= 15 is 0 Å². The summed E-state index contributed by atoms with van der Waals surface area (Å²) in [5, 5.41) is 6.18. The highest BCUT2D eigenvalue weighted by atomic mass is 32.2. The molecule has 0 aliphatic heterocycles. The van der Waals surface area contributed by atoms with Crippen LogP contribution in [0, 0.1) is 5.92 Å². The lowest BCUT2D eigenvalue weighted by Gasteiger charge is -2.20. The zero-order valence-corrected chi connectivity index (χ0v) is 17.9. The number of benzene rings is 1. The monoisotopic (exact) mass is 435 g/mol. The van der Waals surface area contributed by atoms with Crippen LogP contribution in [0.1, 0.15) is 43.6 Å². The number of amides is 1. The maximum atomic E-state index is 13.0. The largest absolute Gasteiger partial charge is 0.301 e. The molecular formula is C19H21N3O3S3. The molecule has 1 aliphatic carbocycles. The molecule has 0 bridgehead atoms. The van der Waals surface area contributed by atoms with Crippen molar-refractivity contribution in [1.82, 2.24) is 4.98 Å². The zero-order valence-electron chi connectivity index (χ0n) is 15.4. The summed E-state index contributed by atoms with van der Waals surface area (Å²) in [7, 11) is -3.27. The van der Waals surface area contributed by atoms with E-state index in [4.69, 9.17) is 0 Å². The molecule has 148 valence electrons. The summed E-state index contributed by atoms with van der Waals surface area (Å²) in [5.74, 6) is -0.0130. The SMILES string of the molecule is CS(=O)(=O)c1ccc([C@@H](CC2CCCC2)C(=O)Nc2ncc(N=C=S)s2)cc1. The number of nitrogens with zero attached hydrogens (tertiary/aromatic N) is 2. The van der Waals surface area contributed by atoms with Crippen LogP contribution in [-0.4, -0.2) is 30.7 Å². The second-order valence-corrected chi connectivity index (χ2v) is 10.2. The van der Waals surface area contributed by atoms with Crippen molar-refractivity contribution in [3.05, 3.63) is 36.0 Å². The molecule has 0 spiro atoms. The number of isothiocyanates is 1. The number of carbonyl (C=O) groups is 1. The van der Waals surface area contributed by atoms with Crippen molar-refractivity contribution in [2.24, 2.45) is 10.9 Å². The van der Waals surface area contributed by atoms with E-state index in [1.54, 1.807) is 24.3 Å². The van der Waals surface area contributed by atoms with Crippen molar-refractivity contribution < 1.29 is 13.2 Å². The number of hydrogen-bond donors (Lipinski definition) is 1. The fourth-order valence-electron chi connectivity index (χ4n) is 3.53. The highest BCUT2D eigenvalue weighted by molar-refractivity contribution is 7.90. The Morgan fingerprint density at radius 1 is 1.36 bits per heavy atom. The molecule has 1 atom stereocenters. The van der Waals surface area contributed by atoms with E-state index in [-0.39, 0.29) is 16.7 Å². The Labute approximate surface area is 174 Å². The minimum absolute atomic E-state index is 0.147. The molecule has 1 saturated carbocycles. The van der Waals surface area contributed by atoms with Gasteiger partial charge in [-0.05, 0) is 42.3 Å². The van der Waals surface area contributed by atoms with Gasteiger partial charge >= 0.3 is 0 Å². The van der Waals surface area contributed by atoms with Crippen molar-refractivity contribution in [2.75, 3.05) is 11.6 Å². The number of thiocarbonyl (C=S) groups is 1. The Morgan fingerprint density at radius 3 is 2.64 bits per heavy atom. The van der Waals surface area contributed by atoms with Crippen molar-refractivity contribution >= 4 is 54.6 Å². The van der Waals surface area contributed by atoms with Gasteiger partial charge in [0.25, 0.3) is 0 Å². The summed E-state index contributed by atoms with van der Waals surface area (Å²) < 4.78 is 23.4. The lowest BCUT2D eigenvalue weighted by Crippen LogP contribution is -2.23. The molecule has 1 aromatic carbocycles. The molecule has 1 aliphatic rings. The van der Waals surface area contributed by atoms with Gasteiger partial charge in [0.05, 0.1) is 22.2 Å². The van der Waals surface area contributed by atoms with Crippen LogP contribution < -0.4 is 5.32 Å². The van der Waals surface area contributed by atoms with Gasteiger partial charge in [-0.1, -0.05) is 49.2 Å². The number of hydrogen-bond acceptors (Lipinski definition) is 7. The number of carbonyl (C=O) groups excluding carboxylic acids is 1. The molecule has 1 N–H and O–H groups in total. The summed E-state index contributed by atoms with van der Waals surface area (Å²) in [6, 6.07) is 6.60. The van der Waals surface area contributed by atoms with Crippen molar-refractivity contribution in [3.63, 3.8) is 0 Å². The van der Waals surface area contributed by atoms with Gasteiger partial charge in [-0.15, -0.1) is 0 Å². The zero-order chi connectivity index (χ0) is 20.1. The minimum atomic E-state index is -3.27. The second-order valence-electron chi connectivity index (χ2n) is 6.98. The first-order valence-corrected chi connectivity index (χ1v) is 12.1. The highest BCUT2D eigenvalue weighted by Crippen LogP contribution is 2.35. The summed E-state index contributed by atoms with van der Waals surface area (Å²) in [6.07, 6.45) is 8.07. The number of rotatable bonds is 7. The minimum Gasteiger partial charge on any atom is -0.301 e. The van der Waals surface area contributed by atoms with Gasteiger partial charge in [0.2, 0.25) is 5.91 Å². The summed E-state index contributed by atoms with van der Waals surface area (Å²) in [5.41, 5.74) is 0.811.